The standard InChI is InChI=1S/C19H17F2NO2/c1-13-10-11-16-15(12-13)22-18(24-16)19(20,21)17(23)9-5-8-14-6-3-2-4-7-14/h2-4,6-7,10-12H,5,8-9H2,1H3. The van der Waals surface area contributed by atoms with E-state index in [1.165, 1.54) is 0 Å². The molecule has 0 radical (unpaired) electrons. The molecule has 0 aliphatic heterocycles. The lowest BCUT2D eigenvalue weighted by atomic mass is 10.0. The van der Waals surface area contributed by atoms with Crippen LogP contribution in [-0.4, -0.2) is 10.8 Å². The average molecular weight is 329 g/mol. The highest BCUT2D eigenvalue weighted by Crippen LogP contribution is 2.32. The van der Waals surface area contributed by atoms with Gasteiger partial charge in [-0.1, -0.05) is 36.4 Å². The van der Waals surface area contributed by atoms with E-state index in [4.69, 9.17) is 4.42 Å². The highest BCUT2D eigenvalue weighted by Gasteiger charge is 2.45. The van der Waals surface area contributed by atoms with E-state index in [9.17, 15) is 13.6 Å². The number of carbonyl (C=O) groups excluding carboxylic acids is 1. The number of aryl methyl sites for hydroxylation is 2. The van der Waals surface area contributed by atoms with Crippen LogP contribution >= 0.6 is 0 Å². The van der Waals surface area contributed by atoms with Gasteiger partial charge in [-0.2, -0.15) is 8.78 Å². The fourth-order valence-electron chi connectivity index (χ4n) is 2.55. The lowest BCUT2D eigenvalue weighted by molar-refractivity contribution is -0.147. The van der Waals surface area contributed by atoms with Gasteiger partial charge in [0.05, 0.1) is 0 Å². The molecule has 0 fully saturated rings. The van der Waals surface area contributed by atoms with E-state index in [0.717, 1.165) is 11.1 Å². The van der Waals surface area contributed by atoms with Crippen LogP contribution in [0.15, 0.2) is 52.9 Å². The van der Waals surface area contributed by atoms with Gasteiger partial charge in [0.15, 0.2) is 5.58 Å². The quantitative estimate of drug-likeness (QED) is 0.651. The Balaban J connectivity index is 1.69. The molecule has 0 saturated carbocycles. The first kappa shape index (κ1) is 16.3. The van der Waals surface area contributed by atoms with Crippen molar-refractivity contribution in [2.45, 2.75) is 32.1 Å². The zero-order chi connectivity index (χ0) is 17.2. The highest BCUT2D eigenvalue weighted by molar-refractivity contribution is 5.86. The first-order chi connectivity index (χ1) is 11.5. The Morgan fingerprint density at radius 2 is 1.92 bits per heavy atom. The van der Waals surface area contributed by atoms with Crippen LogP contribution < -0.4 is 0 Å². The van der Waals surface area contributed by atoms with Gasteiger partial charge in [0, 0.05) is 6.42 Å². The molecule has 0 amide bonds. The molecule has 124 valence electrons. The number of halogens is 2. The molecule has 0 spiro atoms. The molecule has 0 aliphatic rings. The summed E-state index contributed by atoms with van der Waals surface area (Å²) < 4.78 is 33.7. The van der Waals surface area contributed by atoms with Crippen molar-refractivity contribution in [2.75, 3.05) is 0 Å². The van der Waals surface area contributed by atoms with Gasteiger partial charge >= 0.3 is 5.92 Å². The Morgan fingerprint density at radius 1 is 1.17 bits per heavy atom. The molecule has 0 N–H and O–H groups in total. The number of nitrogens with zero attached hydrogens (tertiary/aromatic N) is 1. The molecule has 24 heavy (non-hydrogen) atoms. The van der Waals surface area contributed by atoms with Crippen molar-refractivity contribution >= 4 is 16.9 Å². The summed E-state index contributed by atoms with van der Waals surface area (Å²) in [6, 6.07) is 14.4. The molecule has 1 aromatic heterocycles. The number of oxazole rings is 1. The molecule has 0 bridgehead atoms. The number of fused-ring (bicyclic) bond motifs is 1. The van der Waals surface area contributed by atoms with Gasteiger partial charge in [-0.05, 0) is 43.0 Å². The van der Waals surface area contributed by atoms with E-state index in [1.54, 1.807) is 18.2 Å². The molecule has 1 heterocycles. The molecule has 2 aromatic carbocycles. The summed E-state index contributed by atoms with van der Waals surface area (Å²) in [6.45, 7) is 1.83. The second-order valence-electron chi connectivity index (χ2n) is 5.83. The lowest BCUT2D eigenvalue weighted by Gasteiger charge is -2.10. The molecule has 3 rings (SSSR count). The fraction of sp³-hybridized carbons (Fsp3) is 0.263. The summed E-state index contributed by atoms with van der Waals surface area (Å²) in [5.41, 5.74) is 2.50. The number of carbonyl (C=O) groups is 1. The molecule has 3 nitrogen and oxygen atoms in total. The number of ketones is 1. The van der Waals surface area contributed by atoms with Gasteiger partial charge in [-0.25, -0.2) is 4.98 Å². The Morgan fingerprint density at radius 3 is 2.67 bits per heavy atom. The van der Waals surface area contributed by atoms with E-state index in [1.807, 2.05) is 37.3 Å². The van der Waals surface area contributed by atoms with Crippen LogP contribution in [0.2, 0.25) is 0 Å². The minimum atomic E-state index is -3.70. The highest BCUT2D eigenvalue weighted by atomic mass is 19.3. The summed E-state index contributed by atoms with van der Waals surface area (Å²) in [7, 11) is 0. The Kier molecular flexibility index (Phi) is 4.42. The topological polar surface area (TPSA) is 43.1 Å². The monoisotopic (exact) mass is 329 g/mol. The third kappa shape index (κ3) is 3.35. The number of hydrogen-bond acceptors (Lipinski definition) is 3. The average Bonchev–Trinajstić information content (AvgIpc) is 2.99. The third-order valence-electron chi connectivity index (χ3n) is 3.87. The third-order valence-corrected chi connectivity index (χ3v) is 3.87. The van der Waals surface area contributed by atoms with Crippen molar-refractivity contribution in [3.05, 3.63) is 65.5 Å². The van der Waals surface area contributed by atoms with E-state index < -0.39 is 17.6 Å². The SMILES string of the molecule is Cc1ccc2oc(C(F)(F)C(=O)CCCc3ccccc3)nc2c1. The van der Waals surface area contributed by atoms with Crippen LogP contribution in [-0.2, 0) is 17.1 Å². The predicted molar refractivity (Wildman–Crippen MR) is 87.0 cm³/mol. The van der Waals surface area contributed by atoms with E-state index in [0.29, 0.717) is 18.4 Å². The molecule has 3 aromatic rings. The number of rotatable bonds is 6. The van der Waals surface area contributed by atoms with Gasteiger partial charge in [-0.3, -0.25) is 4.79 Å². The largest absolute Gasteiger partial charge is 0.435 e. The molecule has 0 saturated heterocycles. The number of aromatic nitrogens is 1. The van der Waals surface area contributed by atoms with E-state index >= 15 is 0 Å². The van der Waals surface area contributed by atoms with Gasteiger partial charge < -0.3 is 4.42 Å². The van der Waals surface area contributed by atoms with Gasteiger partial charge in [0.1, 0.15) is 5.52 Å². The molecular weight excluding hydrogens is 312 g/mol. The normalized spacial score (nSPS) is 11.8. The van der Waals surface area contributed by atoms with Gasteiger partial charge in [0.25, 0.3) is 5.89 Å². The zero-order valence-electron chi connectivity index (χ0n) is 13.3. The van der Waals surface area contributed by atoms with Crippen LogP contribution in [0.4, 0.5) is 8.78 Å². The van der Waals surface area contributed by atoms with Gasteiger partial charge in [-0.15, -0.1) is 0 Å². The minimum absolute atomic E-state index is 0.223. The van der Waals surface area contributed by atoms with Crippen molar-refractivity contribution in [1.29, 1.82) is 0 Å². The van der Waals surface area contributed by atoms with Crippen molar-refractivity contribution in [3.8, 4) is 0 Å². The summed E-state index contributed by atoms with van der Waals surface area (Å²) in [5.74, 6) is -5.70. The molecule has 0 atom stereocenters. The van der Waals surface area contributed by atoms with Crippen LogP contribution in [0.5, 0.6) is 0 Å². The second-order valence-corrected chi connectivity index (χ2v) is 5.83. The Labute approximate surface area is 138 Å². The summed E-state index contributed by atoms with van der Waals surface area (Å²) in [4.78, 5) is 15.7. The van der Waals surface area contributed by atoms with Crippen LogP contribution in [0.25, 0.3) is 11.1 Å². The first-order valence-electron chi connectivity index (χ1n) is 7.79. The summed E-state index contributed by atoms with van der Waals surface area (Å²) >= 11 is 0. The van der Waals surface area contributed by atoms with Crippen molar-refractivity contribution in [3.63, 3.8) is 0 Å². The lowest BCUT2D eigenvalue weighted by Crippen LogP contribution is -2.26. The molecule has 0 aliphatic carbocycles. The zero-order valence-corrected chi connectivity index (χ0v) is 13.3. The van der Waals surface area contributed by atoms with Crippen LogP contribution in [0.1, 0.15) is 29.9 Å². The Hall–Kier alpha value is -2.56. The first-order valence-corrected chi connectivity index (χ1v) is 7.79. The molecular formula is C19H17F2NO2. The number of benzene rings is 2. The van der Waals surface area contributed by atoms with Crippen molar-refractivity contribution in [2.24, 2.45) is 0 Å². The Bertz CT molecular complexity index is 856. The van der Waals surface area contributed by atoms with Crippen molar-refractivity contribution in [1.82, 2.24) is 4.98 Å². The number of Topliss-reactive ketones (excluding diaryl/α,β-unsaturated/α-hetero) is 1. The number of hydrogen-bond donors (Lipinski definition) is 0. The summed E-state index contributed by atoms with van der Waals surface area (Å²) in [5, 5.41) is 0. The van der Waals surface area contributed by atoms with Crippen LogP contribution in [0.3, 0.4) is 0 Å². The second kappa shape index (κ2) is 6.51. The van der Waals surface area contributed by atoms with E-state index in [-0.39, 0.29) is 12.0 Å². The van der Waals surface area contributed by atoms with Crippen molar-refractivity contribution < 1.29 is 18.0 Å². The number of alkyl halides is 2. The maximum absolute atomic E-state index is 14.3. The molecule has 5 heteroatoms. The summed E-state index contributed by atoms with van der Waals surface area (Å²) in [6.07, 6.45) is 0.715. The maximum Gasteiger partial charge on any atom is 0.379 e. The predicted octanol–water partition coefficient (Wildman–Crippen LogP) is 4.82. The van der Waals surface area contributed by atoms with Crippen LogP contribution in [0, 0.1) is 6.92 Å². The minimum Gasteiger partial charge on any atom is -0.435 e. The molecule has 0 unspecified atom stereocenters. The van der Waals surface area contributed by atoms with E-state index in [2.05, 4.69) is 4.98 Å². The van der Waals surface area contributed by atoms with Gasteiger partial charge in [0.2, 0.25) is 5.78 Å². The maximum atomic E-state index is 14.3. The fourth-order valence-corrected chi connectivity index (χ4v) is 2.55. The smallest absolute Gasteiger partial charge is 0.379 e.